The molecule has 0 spiro atoms. The van der Waals surface area contributed by atoms with Crippen molar-refractivity contribution < 1.29 is 38.1 Å². The molecule has 1 aliphatic heterocycles. The summed E-state index contributed by atoms with van der Waals surface area (Å²) < 4.78 is 28.1. The summed E-state index contributed by atoms with van der Waals surface area (Å²) in [6.45, 7) is 3.72. The van der Waals surface area contributed by atoms with Crippen LogP contribution in [0, 0.1) is 0 Å². The van der Waals surface area contributed by atoms with E-state index in [2.05, 4.69) is 0 Å². The van der Waals surface area contributed by atoms with Crippen molar-refractivity contribution in [2.24, 2.45) is 0 Å². The second kappa shape index (κ2) is 12.4. The lowest BCUT2D eigenvalue weighted by Gasteiger charge is -2.29. The molecule has 0 radical (unpaired) electrons. The zero-order valence-corrected chi connectivity index (χ0v) is 22.0. The van der Waals surface area contributed by atoms with Gasteiger partial charge in [-0.25, -0.2) is 14.4 Å². The number of carbonyl (C=O) groups excluding carboxylic acids is 3. The van der Waals surface area contributed by atoms with Crippen molar-refractivity contribution in [1.82, 2.24) is 0 Å². The number of hydrogen-bond acceptors (Lipinski definition) is 8. The molecule has 0 aromatic heterocycles. The highest BCUT2D eigenvalue weighted by atomic mass is 16.6. The molecule has 0 fully saturated rings. The topological polar surface area (TPSA) is 97.4 Å². The number of hydrogen-bond donors (Lipinski definition) is 0. The Hall–Kier alpha value is -4.43. The van der Waals surface area contributed by atoms with Crippen molar-refractivity contribution in [1.29, 1.82) is 0 Å². The molecule has 0 aliphatic carbocycles. The second-order valence-electron chi connectivity index (χ2n) is 8.61. The molecular formula is C31H30O8. The van der Waals surface area contributed by atoms with Crippen molar-refractivity contribution in [2.45, 2.75) is 32.2 Å². The van der Waals surface area contributed by atoms with Crippen LogP contribution < -0.4 is 4.74 Å². The predicted octanol–water partition coefficient (Wildman–Crippen LogP) is 4.83. The van der Waals surface area contributed by atoms with Gasteiger partial charge in [-0.1, -0.05) is 72.8 Å². The van der Waals surface area contributed by atoms with E-state index in [0.29, 0.717) is 23.5 Å². The van der Waals surface area contributed by atoms with Crippen LogP contribution in [-0.2, 0) is 45.5 Å². The molecule has 0 unspecified atom stereocenters. The molecule has 0 bridgehead atoms. The summed E-state index contributed by atoms with van der Waals surface area (Å²) in [5.41, 5.74) is -0.617. The van der Waals surface area contributed by atoms with E-state index in [9.17, 15) is 14.4 Å². The van der Waals surface area contributed by atoms with Crippen molar-refractivity contribution >= 4 is 17.9 Å². The normalized spacial score (nSPS) is 18.4. The standard InChI is InChI=1S/C31H30O8/c1-4-36-28(32)25-26(29(33)37-5-2)31(30(34)35-3,23-14-10-7-11-15-23)39-27(25)22-16-18-24(19-17-22)38-20-21-12-8-6-9-13-21/h6-19,27H,4-5,20H2,1-3H3/t27-,31+/m0/s1. The monoisotopic (exact) mass is 530 g/mol. The molecule has 0 amide bonds. The van der Waals surface area contributed by atoms with Crippen LogP contribution in [0.15, 0.2) is 96.1 Å². The zero-order valence-electron chi connectivity index (χ0n) is 22.0. The van der Waals surface area contributed by atoms with E-state index in [1.165, 1.54) is 7.11 Å². The zero-order chi connectivity index (χ0) is 27.8. The van der Waals surface area contributed by atoms with E-state index >= 15 is 0 Å². The van der Waals surface area contributed by atoms with Crippen molar-refractivity contribution in [3.63, 3.8) is 0 Å². The van der Waals surface area contributed by atoms with E-state index in [4.69, 9.17) is 23.7 Å². The SMILES string of the molecule is CCOC(=O)C1=C(C(=O)OCC)[C@@](C(=O)OC)(c2ccccc2)O[C@H]1c1ccc(OCc2ccccc2)cc1. The molecule has 8 heteroatoms. The summed E-state index contributed by atoms with van der Waals surface area (Å²) in [5, 5.41) is 0. The Balaban J connectivity index is 1.81. The third-order valence-corrected chi connectivity index (χ3v) is 6.24. The molecule has 3 aromatic carbocycles. The molecule has 0 saturated carbocycles. The van der Waals surface area contributed by atoms with E-state index in [1.54, 1.807) is 68.4 Å². The molecular weight excluding hydrogens is 500 g/mol. The largest absolute Gasteiger partial charge is 0.489 e. The van der Waals surface area contributed by atoms with Crippen LogP contribution in [-0.4, -0.2) is 38.2 Å². The first-order chi connectivity index (χ1) is 19.0. The molecule has 2 atom stereocenters. The van der Waals surface area contributed by atoms with Gasteiger partial charge in [0.1, 0.15) is 18.5 Å². The first kappa shape index (κ1) is 27.6. The molecule has 4 rings (SSSR count). The maximum absolute atomic E-state index is 13.5. The van der Waals surface area contributed by atoms with Gasteiger partial charge in [0.25, 0.3) is 0 Å². The first-order valence-electron chi connectivity index (χ1n) is 12.6. The minimum atomic E-state index is -2.06. The van der Waals surface area contributed by atoms with Gasteiger partial charge in [-0.05, 0) is 42.7 Å². The number of benzene rings is 3. The Labute approximate surface area is 227 Å². The molecule has 202 valence electrons. The summed E-state index contributed by atoms with van der Waals surface area (Å²) in [4.78, 5) is 40.3. The van der Waals surface area contributed by atoms with Crippen molar-refractivity contribution in [2.75, 3.05) is 20.3 Å². The van der Waals surface area contributed by atoms with Crippen LogP contribution in [0.3, 0.4) is 0 Å². The maximum Gasteiger partial charge on any atom is 0.347 e. The molecule has 39 heavy (non-hydrogen) atoms. The van der Waals surface area contributed by atoms with Gasteiger partial charge in [-0.3, -0.25) is 0 Å². The van der Waals surface area contributed by atoms with Crippen LogP contribution in [0.1, 0.15) is 36.6 Å². The van der Waals surface area contributed by atoms with Gasteiger partial charge < -0.3 is 23.7 Å². The van der Waals surface area contributed by atoms with E-state index in [0.717, 1.165) is 5.56 Å². The summed E-state index contributed by atoms with van der Waals surface area (Å²) in [5.74, 6) is -1.95. The van der Waals surface area contributed by atoms with E-state index < -0.39 is 29.6 Å². The quantitative estimate of drug-likeness (QED) is 0.272. The Morgan fingerprint density at radius 3 is 1.97 bits per heavy atom. The van der Waals surface area contributed by atoms with E-state index in [1.807, 2.05) is 30.3 Å². The van der Waals surface area contributed by atoms with Gasteiger partial charge in [-0.15, -0.1) is 0 Å². The van der Waals surface area contributed by atoms with Crippen LogP contribution in [0.25, 0.3) is 0 Å². The summed E-state index contributed by atoms with van der Waals surface area (Å²) in [7, 11) is 1.19. The molecule has 8 nitrogen and oxygen atoms in total. The summed E-state index contributed by atoms with van der Waals surface area (Å²) in [6, 6.07) is 25.0. The molecule has 0 N–H and O–H groups in total. The van der Waals surface area contributed by atoms with Crippen LogP contribution >= 0.6 is 0 Å². The lowest BCUT2D eigenvalue weighted by Crippen LogP contribution is -2.42. The predicted molar refractivity (Wildman–Crippen MR) is 141 cm³/mol. The Bertz CT molecular complexity index is 1330. The van der Waals surface area contributed by atoms with Gasteiger partial charge in [-0.2, -0.15) is 0 Å². The Morgan fingerprint density at radius 1 is 0.795 bits per heavy atom. The van der Waals surface area contributed by atoms with Gasteiger partial charge in [0.05, 0.1) is 31.5 Å². The number of ether oxygens (including phenoxy) is 5. The lowest BCUT2D eigenvalue weighted by atomic mass is 9.84. The number of esters is 3. The third kappa shape index (κ3) is 5.56. The lowest BCUT2D eigenvalue weighted by molar-refractivity contribution is -0.170. The minimum absolute atomic E-state index is 0.0165. The molecule has 1 heterocycles. The average molecular weight is 531 g/mol. The summed E-state index contributed by atoms with van der Waals surface area (Å²) >= 11 is 0. The number of rotatable bonds is 10. The molecule has 0 saturated heterocycles. The second-order valence-corrected chi connectivity index (χ2v) is 8.61. The highest BCUT2D eigenvalue weighted by molar-refractivity contribution is 6.09. The Morgan fingerprint density at radius 2 is 1.38 bits per heavy atom. The van der Waals surface area contributed by atoms with Gasteiger partial charge >= 0.3 is 17.9 Å². The fraction of sp³-hybridized carbons (Fsp3) is 0.258. The Kier molecular flexibility index (Phi) is 8.78. The number of methoxy groups -OCH3 is 1. The average Bonchev–Trinajstić information content (AvgIpc) is 3.35. The van der Waals surface area contributed by atoms with Crippen LogP contribution in [0.2, 0.25) is 0 Å². The van der Waals surface area contributed by atoms with Crippen molar-refractivity contribution in [3.05, 3.63) is 113 Å². The van der Waals surface area contributed by atoms with Gasteiger partial charge in [0.15, 0.2) is 0 Å². The van der Waals surface area contributed by atoms with Crippen LogP contribution in [0.5, 0.6) is 5.75 Å². The summed E-state index contributed by atoms with van der Waals surface area (Å²) in [6.07, 6.45) is -1.13. The third-order valence-electron chi connectivity index (χ3n) is 6.24. The van der Waals surface area contributed by atoms with Gasteiger partial charge in [0.2, 0.25) is 5.60 Å². The van der Waals surface area contributed by atoms with Crippen LogP contribution in [0.4, 0.5) is 0 Å². The highest BCUT2D eigenvalue weighted by Gasteiger charge is 2.60. The fourth-order valence-electron chi connectivity index (χ4n) is 4.50. The maximum atomic E-state index is 13.5. The fourth-order valence-corrected chi connectivity index (χ4v) is 4.50. The van der Waals surface area contributed by atoms with Gasteiger partial charge in [0, 0.05) is 0 Å². The minimum Gasteiger partial charge on any atom is -0.489 e. The molecule has 3 aromatic rings. The highest BCUT2D eigenvalue weighted by Crippen LogP contribution is 2.51. The molecule has 1 aliphatic rings. The smallest absolute Gasteiger partial charge is 0.347 e. The first-order valence-corrected chi connectivity index (χ1v) is 12.6. The van der Waals surface area contributed by atoms with E-state index in [-0.39, 0.29) is 24.4 Å². The number of carbonyl (C=O) groups is 3. The van der Waals surface area contributed by atoms with Crippen molar-refractivity contribution in [3.8, 4) is 5.75 Å².